The lowest BCUT2D eigenvalue weighted by molar-refractivity contribution is 0.144. The molecule has 2 heterocycles. The van der Waals surface area contributed by atoms with E-state index < -0.39 is 0 Å². The summed E-state index contributed by atoms with van der Waals surface area (Å²) >= 11 is 0. The Morgan fingerprint density at radius 2 is 1.85 bits per heavy atom. The Bertz CT molecular complexity index is 808. The molecule has 3 heteroatoms. The SMILES string of the molecule is Oc1ccc2c(c1)CN[C@@H](CN1CCC3(CCc4ccccc43)CC1)C2. The normalized spacial score (nSPS) is 24.4. The number of piperidine rings is 1. The zero-order valence-electron chi connectivity index (χ0n) is 15.4. The fourth-order valence-corrected chi connectivity index (χ4v) is 5.46. The van der Waals surface area contributed by atoms with Gasteiger partial charge in [-0.1, -0.05) is 30.3 Å². The highest BCUT2D eigenvalue weighted by atomic mass is 16.3. The zero-order valence-corrected chi connectivity index (χ0v) is 15.4. The van der Waals surface area contributed by atoms with Crippen molar-refractivity contribution in [3.05, 3.63) is 64.7 Å². The van der Waals surface area contributed by atoms with Crippen LogP contribution in [0.4, 0.5) is 0 Å². The smallest absolute Gasteiger partial charge is 0.115 e. The third-order valence-electron chi connectivity index (χ3n) is 6.99. The molecule has 2 aromatic rings. The summed E-state index contributed by atoms with van der Waals surface area (Å²) in [5, 5.41) is 13.3. The van der Waals surface area contributed by atoms with Crippen molar-refractivity contribution in [3.8, 4) is 5.75 Å². The van der Waals surface area contributed by atoms with Crippen molar-refractivity contribution < 1.29 is 5.11 Å². The van der Waals surface area contributed by atoms with E-state index in [2.05, 4.69) is 40.5 Å². The third kappa shape index (κ3) is 2.83. The predicted octanol–water partition coefficient (Wildman–Crippen LogP) is 3.39. The van der Waals surface area contributed by atoms with Crippen LogP contribution in [0.1, 0.15) is 41.5 Å². The van der Waals surface area contributed by atoms with Crippen molar-refractivity contribution in [3.63, 3.8) is 0 Å². The third-order valence-corrected chi connectivity index (χ3v) is 6.99. The topological polar surface area (TPSA) is 35.5 Å². The number of phenolic OH excluding ortho intramolecular Hbond substituents is 1. The highest BCUT2D eigenvalue weighted by Gasteiger charge is 2.41. The maximum absolute atomic E-state index is 9.65. The molecule has 5 rings (SSSR count). The first-order chi connectivity index (χ1) is 12.7. The maximum Gasteiger partial charge on any atom is 0.115 e. The second-order valence-corrected chi connectivity index (χ2v) is 8.47. The van der Waals surface area contributed by atoms with Crippen molar-refractivity contribution in [2.45, 2.75) is 50.1 Å². The molecule has 0 radical (unpaired) electrons. The molecule has 2 aliphatic heterocycles. The quantitative estimate of drug-likeness (QED) is 0.873. The molecule has 1 atom stereocenters. The number of nitrogens with one attached hydrogen (secondary N) is 1. The van der Waals surface area contributed by atoms with E-state index in [9.17, 15) is 5.11 Å². The van der Waals surface area contributed by atoms with E-state index in [1.807, 2.05) is 12.1 Å². The van der Waals surface area contributed by atoms with Crippen molar-refractivity contribution in [2.75, 3.05) is 19.6 Å². The van der Waals surface area contributed by atoms with E-state index in [1.165, 1.54) is 49.9 Å². The second-order valence-electron chi connectivity index (χ2n) is 8.47. The van der Waals surface area contributed by atoms with Crippen LogP contribution in [-0.4, -0.2) is 35.7 Å². The average molecular weight is 348 g/mol. The first-order valence-electron chi connectivity index (χ1n) is 10.1. The Morgan fingerprint density at radius 1 is 1.00 bits per heavy atom. The number of fused-ring (bicyclic) bond motifs is 3. The summed E-state index contributed by atoms with van der Waals surface area (Å²) in [5.74, 6) is 0.377. The summed E-state index contributed by atoms with van der Waals surface area (Å²) in [6, 6.07) is 15.5. The van der Waals surface area contributed by atoms with Gasteiger partial charge in [0.25, 0.3) is 0 Å². The van der Waals surface area contributed by atoms with Crippen LogP contribution in [0.3, 0.4) is 0 Å². The highest BCUT2D eigenvalue weighted by Crippen LogP contribution is 2.46. The number of likely N-dealkylation sites (tertiary alicyclic amines) is 1. The lowest BCUT2D eigenvalue weighted by atomic mass is 9.74. The number of aromatic hydroxyl groups is 1. The van der Waals surface area contributed by atoms with Gasteiger partial charge < -0.3 is 15.3 Å². The van der Waals surface area contributed by atoms with Crippen molar-refractivity contribution in [1.29, 1.82) is 0 Å². The molecule has 3 aliphatic rings. The Kier molecular flexibility index (Phi) is 4.02. The van der Waals surface area contributed by atoms with Gasteiger partial charge in [-0.25, -0.2) is 0 Å². The summed E-state index contributed by atoms with van der Waals surface area (Å²) in [4.78, 5) is 2.66. The molecular weight excluding hydrogens is 320 g/mol. The molecule has 2 aromatic carbocycles. The van der Waals surface area contributed by atoms with Gasteiger partial charge in [-0.2, -0.15) is 0 Å². The molecule has 0 aromatic heterocycles. The molecule has 0 saturated carbocycles. The molecule has 1 aliphatic carbocycles. The first-order valence-corrected chi connectivity index (χ1v) is 10.1. The fraction of sp³-hybridized carbons (Fsp3) is 0.478. The number of aryl methyl sites for hydroxylation is 1. The van der Waals surface area contributed by atoms with E-state index in [1.54, 1.807) is 11.1 Å². The monoisotopic (exact) mass is 348 g/mol. The second kappa shape index (κ2) is 6.40. The average Bonchev–Trinajstić information content (AvgIpc) is 3.03. The summed E-state index contributed by atoms with van der Waals surface area (Å²) in [7, 11) is 0. The van der Waals surface area contributed by atoms with Gasteiger partial charge in [0.2, 0.25) is 0 Å². The summed E-state index contributed by atoms with van der Waals surface area (Å²) in [6.45, 7) is 4.45. The lowest BCUT2D eigenvalue weighted by Crippen LogP contribution is -2.49. The number of rotatable bonds is 2. The summed E-state index contributed by atoms with van der Waals surface area (Å²) in [6.07, 6.45) is 6.30. The van der Waals surface area contributed by atoms with Gasteiger partial charge >= 0.3 is 0 Å². The number of nitrogens with zero attached hydrogens (tertiary/aromatic N) is 1. The van der Waals surface area contributed by atoms with Crippen molar-refractivity contribution in [2.24, 2.45) is 0 Å². The standard InChI is InChI=1S/C23H28N2O/c26-21-6-5-18-13-20(24-15-19(18)14-21)16-25-11-9-23(10-12-25)8-7-17-3-1-2-4-22(17)23/h1-6,14,20,24,26H,7-13,15-16H2/t20-/m1/s1. The number of phenols is 1. The van der Waals surface area contributed by atoms with Crippen LogP contribution >= 0.6 is 0 Å². The Labute approximate surface area is 156 Å². The van der Waals surface area contributed by atoms with Crippen molar-refractivity contribution >= 4 is 0 Å². The van der Waals surface area contributed by atoms with Crippen LogP contribution in [0.15, 0.2) is 42.5 Å². The molecular formula is C23H28N2O. The van der Waals surface area contributed by atoms with Crippen LogP contribution in [0, 0.1) is 0 Å². The van der Waals surface area contributed by atoms with Crippen molar-refractivity contribution in [1.82, 2.24) is 10.2 Å². The number of hydrogen-bond acceptors (Lipinski definition) is 3. The molecule has 1 spiro atoms. The Hall–Kier alpha value is -1.84. The lowest BCUT2D eigenvalue weighted by Gasteiger charge is -2.42. The van der Waals surface area contributed by atoms with Gasteiger partial charge in [-0.05, 0) is 85.0 Å². The Balaban J connectivity index is 1.22. The minimum absolute atomic E-state index is 0.377. The highest BCUT2D eigenvalue weighted by molar-refractivity contribution is 5.40. The van der Waals surface area contributed by atoms with Crippen LogP contribution < -0.4 is 5.32 Å². The van der Waals surface area contributed by atoms with Gasteiger partial charge in [0.15, 0.2) is 0 Å². The van der Waals surface area contributed by atoms with E-state index in [4.69, 9.17) is 0 Å². The van der Waals surface area contributed by atoms with Gasteiger partial charge in [0, 0.05) is 19.1 Å². The van der Waals surface area contributed by atoms with Crippen LogP contribution in [0.5, 0.6) is 5.75 Å². The van der Waals surface area contributed by atoms with Crippen LogP contribution in [-0.2, 0) is 24.8 Å². The molecule has 136 valence electrons. The van der Waals surface area contributed by atoms with E-state index in [0.29, 0.717) is 17.2 Å². The van der Waals surface area contributed by atoms with Crippen LogP contribution in [0.25, 0.3) is 0 Å². The largest absolute Gasteiger partial charge is 0.508 e. The molecule has 0 amide bonds. The van der Waals surface area contributed by atoms with Gasteiger partial charge in [-0.15, -0.1) is 0 Å². The number of hydrogen-bond donors (Lipinski definition) is 2. The first kappa shape index (κ1) is 16.3. The van der Waals surface area contributed by atoms with E-state index in [-0.39, 0.29) is 0 Å². The molecule has 3 nitrogen and oxygen atoms in total. The van der Waals surface area contributed by atoms with Gasteiger partial charge in [0.05, 0.1) is 0 Å². The molecule has 1 saturated heterocycles. The predicted molar refractivity (Wildman–Crippen MR) is 105 cm³/mol. The minimum atomic E-state index is 0.377. The molecule has 26 heavy (non-hydrogen) atoms. The molecule has 1 fully saturated rings. The summed E-state index contributed by atoms with van der Waals surface area (Å²) in [5.41, 5.74) is 6.34. The number of benzene rings is 2. The van der Waals surface area contributed by atoms with Crippen LogP contribution in [0.2, 0.25) is 0 Å². The van der Waals surface area contributed by atoms with Gasteiger partial charge in [-0.3, -0.25) is 0 Å². The fourth-order valence-electron chi connectivity index (χ4n) is 5.46. The minimum Gasteiger partial charge on any atom is -0.508 e. The Morgan fingerprint density at radius 3 is 2.73 bits per heavy atom. The van der Waals surface area contributed by atoms with Gasteiger partial charge in [0.1, 0.15) is 5.75 Å². The zero-order chi connectivity index (χ0) is 17.6. The molecule has 2 N–H and O–H groups in total. The summed E-state index contributed by atoms with van der Waals surface area (Å²) < 4.78 is 0. The molecule has 0 unspecified atom stereocenters. The van der Waals surface area contributed by atoms with E-state index in [0.717, 1.165) is 19.5 Å². The molecule has 0 bridgehead atoms. The van der Waals surface area contributed by atoms with E-state index >= 15 is 0 Å². The maximum atomic E-state index is 9.65.